The van der Waals surface area contributed by atoms with Gasteiger partial charge in [0.25, 0.3) is 5.91 Å². The Balaban J connectivity index is 1.74. The van der Waals surface area contributed by atoms with Crippen LogP contribution in [0.2, 0.25) is 0 Å². The van der Waals surface area contributed by atoms with Crippen LogP contribution in [-0.4, -0.2) is 40.4 Å². The van der Waals surface area contributed by atoms with Crippen molar-refractivity contribution in [3.63, 3.8) is 0 Å². The van der Waals surface area contributed by atoms with Crippen molar-refractivity contribution in [1.29, 1.82) is 0 Å². The predicted molar refractivity (Wildman–Crippen MR) is 123 cm³/mol. The SMILES string of the molecule is O=C(Nc1ccc(O)c(F)c1)c1cccc2c1OC[C@H](CO)N2c1ncccc1CI. The first-order chi connectivity index (χ1) is 15.0. The molecule has 0 unspecified atom stereocenters. The highest BCUT2D eigenvalue weighted by Gasteiger charge is 2.33. The first kappa shape index (κ1) is 21.3. The molecule has 0 bridgehead atoms. The summed E-state index contributed by atoms with van der Waals surface area (Å²) in [6, 6.07) is 12.2. The molecule has 1 aromatic heterocycles. The standard InChI is InChI=1S/C22H19FIN3O4/c23-17-9-14(6-7-19(17)29)26-22(30)16-4-1-5-18-20(16)31-12-15(11-28)27(18)21-13(10-24)3-2-8-25-21/h1-9,15,28-29H,10-12H2,(H,26,30)/t15-/m0/s1. The molecular formula is C22H19FIN3O4. The minimum absolute atomic E-state index is 0.153. The molecule has 160 valence electrons. The number of hydrogen-bond acceptors (Lipinski definition) is 6. The zero-order valence-corrected chi connectivity index (χ0v) is 18.4. The molecule has 7 nitrogen and oxygen atoms in total. The van der Waals surface area contributed by atoms with E-state index in [1.165, 1.54) is 12.1 Å². The lowest BCUT2D eigenvalue weighted by molar-refractivity contribution is 0.102. The predicted octanol–water partition coefficient (Wildman–Crippen LogP) is 4.01. The summed E-state index contributed by atoms with van der Waals surface area (Å²) >= 11 is 2.26. The Labute approximate surface area is 191 Å². The van der Waals surface area contributed by atoms with Crippen molar-refractivity contribution < 1.29 is 24.1 Å². The number of aliphatic hydroxyl groups excluding tert-OH is 1. The first-order valence-corrected chi connectivity index (χ1v) is 11.0. The molecule has 1 aliphatic rings. The zero-order chi connectivity index (χ0) is 22.0. The third-order valence-electron chi connectivity index (χ3n) is 4.94. The summed E-state index contributed by atoms with van der Waals surface area (Å²) in [4.78, 5) is 19.4. The van der Waals surface area contributed by atoms with Gasteiger partial charge in [-0.25, -0.2) is 9.37 Å². The topological polar surface area (TPSA) is 94.9 Å². The molecule has 0 saturated carbocycles. The molecule has 0 fully saturated rings. The lowest BCUT2D eigenvalue weighted by Crippen LogP contribution is -2.43. The number of halogens is 2. The van der Waals surface area contributed by atoms with Crippen LogP contribution in [0, 0.1) is 5.82 Å². The second kappa shape index (κ2) is 9.06. The van der Waals surface area contributed by atoms with E-state index in [-0.39, 0.29) is 30.5 Å². The number of amides is 1. The molecule has 3 N–H and O–H groups in total. The van der Waals surface area contributed by atoms with Gasteiger partial charge in [0.15, 0.2) is 17.3 Å². The number of fused-ring (bicyclic) bond motifs is 1. The Morgan fingerprint density at radius 3 is 2.87 bits per heavy atom. The van der Waals surface area contributed by atoms with E-state index in [0.29, 0.717) is 17.3 Å². The van der Waals surface area contributed by atoms with E-state index in [4.69, 9.17) is 4.74 Å². The van der Waals surface area contributed by atoms with Gasteiger partial charge >= 0.3 is 0 Å². The number of carbonyl (C=O) groups excluding carboxylic acids is 1. The van der Waals surface area contributed by atoms with Crippen LogP contribution in [0.4, 0.5) is 21.6 Å². The van der Waals surface area contributed by atoms with Crippen LogP contribution < -0.4 is 15.0 Å². The van der Waals surface area contributed by atoms with Gasteiger partial charge in [-0.2, -0.15) is 0 Å². The first-order valence-electron chi connectivity index (χ1n) is 9.49. The number of nitrogens with zero attached hydrogens (tertiary/aromatic N) is 2. The Morgan fingerprint density at radius 1 is 1.29 bits per heavy atom. The number of phenolic OH excluding ortho intramolecular Hbond substituents is 1. The van der Waals surface area contributed by atoms with Crippen LogP contribution >= 0.6 is 22.6 Å². The average Bonchev–Trinajstić information content (AvgIpc) is 2.80. The van der Waals surface area contributed by atoms with Crippen molar-refractivity contribution in [3.05, 3.63) is 71.7 Å². The number of phenols is 1. The van der Waals surface area contributed by atoms with Crippen LogP contribution in [0.5, 0.6) is 11.5 Å². The monoisotopic (exact) mass is 535 g/mol. The van der Waals surface area contributed by atoms with Gasteiger partial charge in [0.2, 0.25) is 0 Å². The smallest absolute Gasteiger partial charge is 0.259 e. The minimum atomic E-state index is -0.831. The Bertz CT molecular complexity index is 1130. The fraction of sp³-hybridized carbons (Fsp3) is 0.182. The highest BCUT2D eigenvalue weighted by molar-refractivity contribution is 14.1. The summed E-state index contributed by atoms with van der Waals surface area (Å²) in [6.45, 7) is 0.0127. The van der Waals surface area contributed by atoms with E-state index >= 15 is 0 Å². The van der Waals surface area contributed by atoms with Gasteiger partial charge < -0.3 is 25.2 Å². The molecule has 1 aliphatic heterocycles. The number of carbonyl (C=O) groups is 1. The Hall–Kier alpha value is -2.92. The summed E-state index contributed by atoms with van der Waals surface area (Å²) in [5.41, 5.74) is 2.07. The van der Waals surface area contributed by atoms with Crippen LogP contribution in [0.15, 0.2) is 54.7 Å². The van der Waals surface area contributed by atoms with E-state index < -0.39 is 17.5 Å². The number of aromatic hydroxyl groups is 1. The minimum Gasteiger partial charge on any atom is -0.505 e. The molecule has 0 radical (unpaired) electrons. The number of hydrogen-bond donors (Lipinski definition) is 3. The van der Waals surface area contributed by atoms with Crippen molar-refractivity contribution >= 4 is 45.7 Å². The number of para-hydroxylation sites is 1. The number of nitrogens with one attached hydrogen (secondary N) is 1. The summed E-state index contributed by atoms with van der Waals surface area (Å²) in [6.07, 6.45) is 1.69. The fourth-order valence-corrected chi connectivity index (χ4v) is 4.05. The van der Waals surface area contributed by atoms with Gasteiger partial charge in [0, 0.05) is 27.9 Å². The summed E-state index contributed by atoms with van der Waals surface area (Å²) < 4.78 is 20.2. The average molecular weight is 535 g/mol. The lowest BCUT2D eigenvalue weighted by Gasteiger charge is -2.38. The number of rotatable bonds is 5. The number of ether oxygens (including phenoxy) is 1. The molecule has 2 aromatic carbocycles. The highest BCUT2D eigenvalue weighted by atomic mass is 127. The largest absolute Gasteiger partial charge is 0.505 e. The molecule has 1 amide bonds. The van der Waals surface area contributed by atoms with Crippen molar-refractivity contribution in [3.8, 4) is 11.5 Å². The summed E-state index contributed by atoms with van der Waals surface area (Å²) in [5.74, 6) is -0.764. The fourth-order valence-electron chi connectivity index (χ4n) is 3.45. The molecule has 4 rings (SSSR count). The third-order valence-corrected chi connectivity index (χ3v) is 5.76. The van der Waals surface area contributed by atoms with E-state index in [2.05, 4.69) is 32.9 Å². The van der Waals surface area contributed by atoms with E-state index in [1.807, 2.05) is 17.0 Å². The van der Waals surface area contributed by atoms with E-state index in [1.54, 1.807) is 24.4 Å². The van der Waals surface area contributed by atoms with Crippen molar-refractivity contribution in [1.82, 2.24) is 4.98 Å². The van der Waals surface area contributed by atoms with Gasteiger partial charge in [-0.3, -0.25) is 4.79 Å². The van der Waals surface area contributed by atoms with Crippen molar-refractivity contribution in [2.24, 2.45) is 0 Å². The van der Waals surface area contributed by atoms with Crippen LogP contribution in [-0.2, 0) is 4.43 Å². The second-order valence-electron chi connectivity index (χ2n) is 6.91. The Kier molecular flexibility index (Phi) is 6.23. The molecular weight excluding hydrogens is 516 g/mol. The van der Waals surface area contributed by atoms with Crippen LogP contribution in [0.3, 0.4) is 0 Å². The molecule has 2 heterocycles. The van der Waals surface area contributed by atoms with E-state index in [0.717, 1.165) is 16.1 Å². The number of alkyl halides is 1. The molecule has 3 aromatic rings. The molecule has 1 atom stereocenters. The third kappa shape index (κ3) is 4.15. The number of benzene rings is 2. The van der Waals surface area contributed by atoms with Crippen molar-refractivity contribution in [2.75, 3.05) is 23.4 Å². The summed E-state index contributed by atoms with van der Waals surface area (Å²) in [5, 5.41) is 21.9. The van der Waals surface area contributed by atoms with Crippen molar-refractivity contribution in [2.45, 2.75) is 10.5 Å². The lowest BCUT2D eigenvalue weighted by atomic mass is 10.1. The maximum absolute atomic E-state index is 13.6. The number of anilines is 3. The van der Waals surface area contributed by atoms with Gasteiger partial charge in [0.05, 0.1) is 23.9 Å². The maximum atomic E-state index is 13.6. The number of aliphatic hydroxyl groups is 1. The Morgan fingerprint density at radius 2 is 2.13 bits per heavy atom. The van der Waals surface area contributed by atoms with E-state index in [9.17, 15) is 19.4 Å². The van der Waals surface area contributed by atoms with Crippen LogP contribution in [0.25, 0.3) is 0 Å². The summed E-state index contributed by atoms with van der Waals surface area (Å²) in [7, 11) is 0. The molecule has 9 heteroatoms. The zero-order valence-electron chi connectivity index (χ0n) is 16.3. The number of pyridine rings is 1. The van der Waals surface area contributed by atoms with Gasteiger partial charge in [-0.1, -0.05) is 34.7 Å². The quantitative estimate of drug-likeness (QED) is 0.260. The van der Waals surface area contributed by atoms with Gasteiger partial charge in [-0.05, 0) is 30.3 Å². The molecule has 0 spiro atoms. The molecule has 0 aliphatic carbocycles. The second-order valence-corrected chi connectivity index (χ2v) is 7.67. The highest BCUT2D eigenvalue weighted by Crippen LogP contribution is 2.42. The normalized spacial score (nSPS) is 15.2. The van der Waals surface area contributed by atoms with Crippen LogP contribution in [0.1, 0.15) is 15.9 Å². The van der Waals surface area contributed by atoms with Gasteiger partial charge in [0.1, 0.15) is 12.4 Å². The maximum Gasteiger partial charge on any atom is 0.259 e. The van der Waals surface area contributed by atoms with Gasteiger partial charge in [-0.15, -0.1) is 0 Å². The molecule has 31 heavy (non-hydrogen) atoms. The molecule has 0 saturated heterocycles. The number of aromatic nitrogens is 1.